The highest BCUT2D eigenvalue weighted by Gasteiger charge is 2.16. The number of rotatable bonds is 6. The highest BCUT2D eigenvalue weighted by atomic mass is 16.5. The molecule has 1 aliphatic rings. The fourth-order valence-corrected chi connectivity index (χ4v) is 2.16. The molecule has 0 aliphatic carbocycles. The Hall–Kier alpha value is -1.46. The monoisotopic (exact) mass is 263 g/mol. The first-order valence-corrected chi connectivity index (χ1v) is 6.66. The van der Waals surface area contributed by atoms with Crippen LogP contribution in [0.2, 0.25) is 0 Å². The van der Waals surface area contributed by atoms with Gasteiger partial charge in [-0.25, -0.2) is 0 Å². The first-order chi connectivity index (χ1) is 9.24. The number of aromatic nitrogens is 1. The summed E-state index contributed by atoms with van der Waals surface area (Å²) < 4.78 is 5.28. The summed E-state index contributed by atoms with van der Waals surface area (Å²) in [5.41, 5.74) is 1.16. The van der Waals surface area contributed by atoms with Crippen molar-refractivity contribution in [3.05, 3.63) is 30.1 Å². The number of amides is 1. The average molecular weight is 263 g/mol. The number of nitrogens with zero attached hydrogens (tertiary/aromatic N) is 2. The van der Waals surface area contributed by atoms with Crippen molar-refractivity contribution in [1.82, 2.24) is 15.2 Å². The molecule has 1 aromatic rings. The van der Waals surface area contributed by atoms with E-state index < -0.39 is 0 Å². The Balaban J connectivity index is 1.66. The fraction of sp³-hybridized carbons (Fsp3) is 0.571. The van der Waals surface area contributed by atoms with Crippen molar-refractivity contribution >= 4 is 5.91 Å². The van der Waals surface area contributed by atoms with Gasteiger partial charge in [-0.05, 0) is 31.2 Å². The quantitative estimate of drug-likeness (QED) is 0.819. The molecule has 1 N–H and O–H groups in total. The van der Waals surface area contributed by atoms with E-state index >= 15 is 0 Å². The fourth-order valence-electron chi connectivity index (χ4n) is 2.16. The summed E-state index contributed by atoms with van der Waals surface area (Å²) in [4.78, 5) is 17.8. The van der Waals surface area contributed by atoms with Gasteiger partial charge in [0.15, 0.2) is 0 Å². The second-order valence-electron chi connectivity index (χ2n) is 5.06. The molecule has 0 unspecified atom stereocenters. The normalized spacial score (nSPS) is 18.7. The zero-order valence-corrected chi connectivity index (χ0v) is 11.3. The van der Waals surface area contributed by atoms with Gasteiger partial charge in [-0.1, -0.05) is 0 Å². The first kappa shape index (κ1) is 14.0. The van der Waals surface area contributed by atoms with Gasteiger partial charge in [0, 0.05) is 38.0 Å². The molecule has 1 aromatic heterocycles. The van der Waals surface area contributed by atoms with Gasteiger partial charge >= 0.3 is 0 Å². The Bertz CT molecular complexity index is 391. The molecule has 19 heavy (non-hydrogen) atoms. The van der Waals surface area contributed by atoms with Gasteiger partial charge < -0.3 is 10.1 Å². The number of nitrogens with one attached hydrogen (secondary N) is 1. The van der Waals surface area contributed by atoms with E-state index in [4.69, 9.17) is 4.74 Å². The van der Waals surface area contributed by atoms with Gasteiger partial charge in [0.05, 0.1) is 13.2 Å². The number of pyridine rings is 1. The molecule has 2 heterocycles. The van der Waals surface area contributed by atoms with E-state index in [0.29, 0.717) is 12.5 Å². The maximum absolute atomic E-state index is 11.8. The number of likely N-dealkylation sites (N-methyl/N-ethyl adjacent to an activating group) is 1. The van der Waals surface area contributed by atoms with Crippen LogP contribution in [0.5, 0.6) is 0 Å². The molecule has 104 valence electrons. The first-order valence-electron chi connectivity index (χ1n) is 6.66. The average Bonchev–Trinajstić information content (AvgIpc) is 2.90. The van der Waals surface area contributed by atoms with Gasteiger partial charge in [-0.3, -0.25) is 14.7 Å². The largest absolute Gasteiger partial charge is 0.381 e. The van der Waals surface area contributed by atoms with Crippen LogP contribution in [0.4, 0.5) is 0 Å². The van der Waals surface area contributed by atoms with Crippen LogP contribution in [0.25, 0.3) is 0 Å². The van der Waals surface area contributed by atoms with E-state index in [2.05, 4.69) is 10.3 Å². The van der Waals surface area contributed by atoms with Crippen LogP contribution in [0.1, 0.15) is 12.0 Å². The molecular weight excluding hydrogens is 242 g/mol. The van der Waals surface area contributed by atoms with Crippen LogP contribution in [0.3, 0.4) is 0 Å². The van der Waals surface area contributed by atoms with E-state index in [1.807, 2.05) is 24.1 Å². The Morgan fingerprint density at radius 3 is 3.00 bits per heavy atom. The molecule has 5 heteroatoms. The summed E-state index contributed by atoms with van der Waals surface area (Å²) in [6.07, 6.45) is 4.58. The molecule has 2 rings (SSSR count). The van der Waals surface area contributed by atoms with Crippen molar-refractivity contribution in [1.29, 1.82) is 0 Å². The van der Waals surface area contributed by atoms with Crippen molar-refractivity contribution < 1.29 is 9.53 Å². The molecule has 1 fully saturated rings. The minimum absolute atomic E-state index is 0.0726. The van der Waals surface area contributed by atoms with Gasteiger partial charge in [-0.15, -0.1) is 0 Å². The summed E-state index contributed by atoms with van der Waals surface area (Å²) >= 11 is 0. The third-order valence-electron chi connectivity index (χ3n) is 3.23. The maximum atomic E-state index is 11.8. The second-order valence-corrected chi connectivity index (χ2v) is 5.06. The van der Waals surface area contributed by atoms with Crippen LogP contribution in [-0.4, -0.2) is 49.1 Å². The van der Waals surface area contributed by atoms with Gasteiger partial charge in [0.25, 0.3) is 0 Å². The number of hydrogen-bond donors (Lipinski definition) is 1. The van der Waals surface area contributed by atoms with E-state index in [1.165, 1.54) is 0 Å². The molecule has 0 radical (unpaired) electrons. The highest BCUT2D eigenvalue weighted by molar-refractivity contribution is 5.77. The lowest BCUT2D eigenvalue weighted by Gasteiger charge is -2.17. The molecule has 5 nitrogen and oxygen atoms in total. The highest BCUT2D eigenvalue weighted by Crippen LogP contribution is 2.10. The van der Waals surface area contributed by atoms with Gasteiger partial charge in [0.1, 0.15) is 0 Å². The van der Waals surface area contributed by atoms with Crippen molar-refractivity contribution in [2.45, 2.75) is 13.0 Å². The summed E-state index contributed by atoms with van der Waals surface area (Å²) in [6.45, 7) is 3.48. The third kappa shape index (κ3) is 4.96. The standard InChI is InChI=1S/C14H21N3O2/c1-17(9-12-2-5-15-6-3-12)10-14(18)16-8-13-4-7-19-11-13/h2-3,5-6,13H,4,7-11H2,1H3,(H,16,18)/t13-/m0/s1. The molecule has 0 aromatic carbocycles. The predicted molar refractivity (Wildman–Crippen MR) is 72.5 cm³/mol. The molecule has 0 saturated carbocycles. The molecule has 0 bridgehead atoms. The number of ether oxygens (including phenoxy) is 1. The van der Waals surface area contributed by atoms with Crippen LogP contribution in [0, 0.1) is 5.92 Å². The zero-order chi connectivity index (χ0) is 13.5. The van der Waals surface area contributed by atoms with Crippen molar-refractivity contribution in [2.24, 2.45) is 5.92 Å². The lowest BCUT2D eigenvalue weighted by atomic mass is 10.1. The lowest BCUT2D eigenvalue weighted by molar-refractivity contribution is -0.122. The maximum Gasteiger partial charge on any atom is 0.234 e. The Morgan fingerprint density at radius 2 is 2.32 bits per heavy atom. The molecular formula is C14H21N3O2. The minimum atomic E-state index is 0.0726. The van der Waals surface area contributed by atoms with E-state index in [1.54, 1.807) is 12.4 Å². The second kappa shape index (κ2) is 7.21. The Labute approximate surface area is 114 Å². The predicted octanol–water partition coefficient (Wildman–Crippen LogP) is 0.666. The topological polar surface area (TPSA) is 54.5 Å². The van der Waals surface area contributed by atoms with Crippen LogP contribution in [0.15, 0.2) is 24.5 Å². The van der Waals surface area contributed by atoms with E-state index in [9.17, 15) is 4.79 Å². The Morgan fingerprint density at radius 1 is 1.53 bits per heavy atom. The Kier molecular flexibility index (Phi) is 5.30. The number of hydrogen-bond acceptors (Lipinski definition) is 4. The minimum Gasteiger partial charge on any atom is -0.381 e. The molecule has 1 saturated heterocycles. The zero-order valence-electron chi connectivity index (χ0n) is 11.3. The molecule has 1 amide bonds. The van der Waals surface area contributed by atoms with Gasteiger partial charge in [0.2, 0.25) is 5.91 Å². The van der Waals surface area contributed by atoms with Crippen LogP contribution in [-0.2, 0) is 16.1 Å². The SMILES string of the molecule is CN(CC(=O)NC[C@@H]1CCOC1)Cc1ccncc1. The molecule has 1 aliphatic heterocycles. The summed E-state index contributed by atoms with van der Waals surface area (Å²) in [7, 11) is 1.94. The molecule has 0 spiro atoms. The van der Waals surface area contributed by atoms with E-state index in [0.717, 1.165) is 38.3 Å². The summed E-state index contributed by atoms with van der Waals surface area (Å²) in [6, 6.07) is 3.93. The number of carbonyl (C=O) groups is 1. The van der Waals surface area contributed by atoms with Crippen LogP contribution >= 0.6 is 0 Å². The number of carbonyl (C=O) groups excluding carboxylic acids is 1. The summed E-state index contributed by atoms with van der Waals surface area (Å²) in [5, 5.41) is 2.97. The summed E-state index contributed by atoms with van der Waals surface area (Å²) in [5.74, 6) is 0.554. The van der Waals surface area contributed by atoms with Crippen molar-refractivity contribution in [2.75, 3.05) is 33.4 Å². The van der Waals surface area contributed by atoms with Gasteiger partial charge in [-0.2, -0.15) is 0 Å². The van der Waals surface area contributed by atoms with Crippen LogP contribution < -0.4 is 5.32 Å². The van der Waals surface area contributed by atoms with E-state index in [-0.39, 0.29) is 5.91 Å². The van der Waals surface area contributed by atoms with Crippen molar-refractivity contribution in [3.8, 4) is 0 Å². The lowest BCUT2D eigenvalue weighted by Crippen LogP contribution is -2.37. The van der Waals surface area contributed by atoms with Crippen molar-refractivity contribution in [3.63, 3.8) is 0 Å². The smallest absolute Gasteiger partial charge is 0.234 e. The third-order valence-corrected chi connectivity index (χ3v) is 3.23. The molecule has 1 atom stereocenters.